The summed E-state index contributed by atoms with van der Waals surface area (Å²) in [7, 11) is 2.90. The van der Waals surface area contributed by atoms with Gasteiger partial charge >= 0.3 is 5.69 Å². The summed E-state index contributed by atoms with van der Waals surface area (Å²) in [6.07, 6.45) is 0. The zero-order valence-electron chi connectivity index (χ0n) is 14.1. The Kier molecular flexibility index (Phi) is 5.78. The molecule has 8 nitrogen and oxygen atoms in total. The predicted octanol–water partition coefficient (Wildman–Crippen LogP) is 2.94. The van der Waals surface area contributed by atoms with E-state index in [9.17, 15) is 14.9 Å². The second-order valence-electron chi connectivity index (χ2n) is 5.13. The van der Waals surface area contributed by atoms with E-state index in [1.165, 1.54) is 32.4 Å². The van der Waals surface area contributed by atoms with E-state index in [0.29, 0.717) is 17.2 Å². The Morgan fingerprint density at radius 1 is 1.12 bits per heavy atom. The van der Waals surface area contributed by atoms with Crippen LogP contribution < -0.4 is 19.5 Å². The van der Waals surface area contributed by atoms with Crippen LogP contribution in [0, 0.1) is 17.0 Å². The molecule has 0 heterocycles. The van der Waals surface area contributed by atoms with Crippen molar-refractivity contribution in [2.24, 2.45) is 0 Å². The molecular formula is C17H18N2O6. The minimum atomic E-state index is -0.598. The number of nitro groups is 1. The number of aryl methyl sites for hydroxylation is 1. The van der Waals surface area contributed by atoms with Gasteiger partial charge in [-0.2, -0.15) is 0 Å². The van der Waals surface area contributed by atoms with Gasteiger partial charge in [0.1, 0.15) is 11.5 Å². The number of hydrogen-bond acceptors (Lipinski definition) is 6. The first-order valence-corrected chi connectivity index (χ1v) is 7.34. The minimum absolute atomic E-state index is 0.0165. The van der Waals surface area contributed by atoms with Crippen LogP contribution in [0.1, 0.15) is 5.56 Å². The summed E-state index contributed by atoms with van der Waals surface area (Å²) >= 11 is 0. The molecule has 1 amide bonds. The average Bonchev–Trinajstić information content (AvgIpc) is 2.60. The molecule has 0 spiro atoms. The molecule has 0 aliphatic rings. The fourth-order valence-corrected chi connectivity index (χ4v) is 2.14. The maximum Gasteiger partial charge on any atom is 0.314 e. The summed E-state index contributed by atoms with van der Waals surface area (Å²) in [5.41, 5.74) is 1.17. The Labute approximate surface area is 144 Å². The van der Waals surface area contributed by atoms with E-state index >= 15 is 0 Å². The number of nitrogens with one attached hydrogen (secondary N) is 1. The van der Waals surface area contributed by atoms with E-state index in [1.807, 2.05) is 13.0 Å². The third kappa shape index (κ3) is 4.60. The van der Waals surface area contributed by atoms with E-state index in [1.54, 1.807) is 12.1 Å². The van der Waals surface area contributed by atoms with E-state index in [2.05, 4.69) is 5.32 Å². The van der Waals surface area contributed by atoms with Crippen molar-refractivity contribution in [3.63, 3.8) is 0 Å². The zero-order chi connectivity index (χ0) is 18.4. The normalized spacial score (nSPS) is 10.0. The molecule has 1 N–H and O–H groups in total. The first-order valence-electron chi connectivity index (χ1n) is 7.34. The van der Waals surface area contributed by atoms with Crippen LogP contribution in [0.25, 0.3) is 0 Å². The maximum atomic E-state index is 12.1. The van der Waals surface area contributed by atoms with Gasteiger partial charge in [0.05, 0.1) is 30.9 Å². The van der Waals surface area contributed by atoms with Gasteiger partial charge in [-0.25, -0.2) is 0 Å². The summed E-state index contributed by atoms with van der Waals surface area (Å²) in [6.45, 7) is 1.50. The van der Waals surface area contributed by atoms with Crippen LogP contribution in [0.2, 0.25) is 0 Å². The van der Waals surface area contributed by atoms with Crippen molar-refractivity contribution in [2.45, 2.75) is 6.92 Å². The predicted molar refractivity (Wildman–Crippen MR) is 91.5 cm³/mol. The monoisotopic (exact) mass is 346 g/mol. The average molecular weight is 346 g/mol. The number of hydrogen-bond donors (Lipinski definition) is 1. The third-order valence-electron chi connectivity index (χ3n) is 3.35. The molecule has 0 saturated heterocycles. The number of rotatable bonds is 7. The van der Waals surface area contributed by atoms with Crippen molar-refractivity contribution in [3.8, 4) is 17.2 Å². The van der Waals surface area contributed by atoms with Crippen molar-refractivity contribution in [1.29, 1.82) is 0 Å². The minimum Gasteiger partial charge on any atom is -0.496 e. The third-order valence-corrected chi connectivity index (χ3v) is 3.35. The van der Waals surface area contributed by atoms with E-state index in [0.717, 1.165) is 5.56 Å². The zero-order valence-corrected chi connectivity index (χ0v) is 14.1. The molecule has 0 fully saturated rings. The highest BCUT2D eigenvalue weighted by molar-refractivity contribution is 5.93. The molecule has 0 atom stereocenters. The SMILES string of the molecule is COc1ccc(OCC(=O)Nc2cc(C)ccc2OC)c([N+](=O)[O-])c1. The van der Waals surface area contributed by atoms with Crippen LogP contribution in [-0.2, 0) is 4.79 Å². The van der Waals surface area contributed by atoms with Gasteiger partial charge in [0.25, 0.3) is 5.91 Å². The summed E-state index contributed by atoms with van der Waals surface area (Å²) in [4.78, 5) is 22.6. The molecule has 2 aromatic rings. The molecule has 0 radical (unpaired) electrons. The van der Waals surface area contributed by atoms with Crippen molar-refractivity contribution in [1.82, 2.24) is 0 Å². The lowest BCUT2D eigenvalue weighted by atomic mass is 10.2. The van der Waals surface area contributed by atoms with Crippen LogP contribution in [0.3, 0.4) is 0 Å². The van der Waals surface area contributed by atoms with Crippen molar-refractivity contribution in [2.75, 3.05) is 26.1 Å². The Hall–Kier alpha value is -3.29. The summed E-state index contributed by atoms with van der Waals surface area (Å²) in [5.74, 6) is 0.355. The highest BCUT2D eigenvalue weighted by Gasteiger charge is 2.18. The standard InChI is InChI=1S/C17H18N2O6/c1-11-4-6-15(24-3)13(8-11)18-17(20)10-25-16-7-5-12(23-2)9-14(16)19(21)22/h4-9H,10H2,1-3H3,(H,18,20). The second kappa shape index (κ2) is 8.00. The molecule has 2 rings (SSSR count). The van der Waals surface area contributed by atoms with Crippen molar-refractivity contribution < 1.29 is 23.9 Å². The largest absolute Gasteiger partial charge is 0.496 e. The fraction of sp³-hybridized carbons (Fsp3) is 0.235. The first kappa shape index (κ1) is 18.1. The maximum absolute atomic E-state index is 12.1. The van der Waals surface area contributed by atoms with Crippen molar-refractivity contribution >= 4 is 17.3 Å². The fourth-order valence-electron chi connectivity index (χ4n) is 2.14. The molecule has 2 aromatic carbocycles. The molecule has 0 bridgehead atoms. The van der Waals surface area contributed by atoms with Gasteiger partial charge in [-0.05, 0) is 36.8 Å². The second-order valence-corrected chi connectivity index (χ2v) is 5.13. The van der Waals surface area contributed by atoms with Crippen LogP contribution in [-0.4, -0.2) is 31.7 Å². The molecule has 8 heteroatoms. The number of ether oxygens (including phenoxy) is 3. The number of carbonyl (C=O) groups excluding carboxylic acids is 1. The lowest BCUT2D eigenvalue weighted by Crippen LogP contribution is -2.20. The molecule has 0 unspecified atom stereocenters. The topological polar surface area (TPSA) is 99.9 Å². The number of nitrogens with zero attached hydrogens (tertiary/aromatic N) is 1. The molecular weight excluding hydrogens is 328 g/mol. The van der Waals surface area contributed by atoms with Gasteiger partial charge in [-0.15, -0.1) is 0 Å². The van der Waals surface area contributed by atoms with Crippen LogP contribution in [0.15, 0.2) is 36.4 Å². The number of benzene rings is 2. The summed E-state index contributed by atoms with van der Waals surface area (Å²) in [5, 5.41) is 13.8. The Morgan fingerprint density at radius 2 is 1.84 bits per heavy atom. The summed E-state index contributed by atoms with van der Waals surface area (Å²) < 4.78 is 15.4. The van der Waals surface area contributed by atoms with E-state index < -0.39 is 10.8 Å². The molecule has 0 aliphatic heterocycles. The summed E-state index contributed by atoms with van der Waals surface area (Å²) in [6, 6.07) is 9.48. The van der Waals surface area contributed by atoms with Gasteiger partial charge in [0.2, 0.25) is 0 Å². The lowest BCUT2D eigenvalue weighted by molar-refractivity contribution is -0.385. The van der Waals surface area contributed by atoms with Crippen LogP contribution in [0.4, 0.5) is 11.4 Å². The molecule has 25 heavy (non-hydrogen) atoms. The Bertz CT molecular complexity index is 791. The Morgan fingerprint density at radius 3 is 2.48 bits per heavy atom. The van der Waals surface area contributed by atoms with E-state index in [-0.39, 0.29) is 18.0 Å². The highest BCUT2D eigenvalue weighted by atomic mass is 16.6. The van der Waals surface area contributed by atoms with Gasteiger partial charge in [0.15, 0.2) is 12.4 Å². The highest BCUT2D eigenvalue weighted by Crippen LogP contribution is 2.31. The molecule has 0 aromatic heterocycles. The van der Waals surface area contributed by atoms with Gasteiger partial charge in [0, 0.05) is 0 Å². The number of anilines is 1. The molecule has 0 saturated carbocycles. The van der Waals surface area contributed by atoms with Crippen molar-refractivity contribution in [3.05, 3.63) is 52.1 Å². The molecule has 132 valence electrons. The van der Waals surface area contributed by atoms with E-state index in [4.69, 9.17) is 14.2 Å². The van der Waals surface area contributed by atoms with Gasteiger partial charge in [-0.3, -0.25) is 14.9 Å². The van der Waals surface area contributed by atoms with Crippen LogP contribution in [0.5, 0.6) is 17.2 Å². The first-order chi connectivity index (χ1) is 11.9. The lowest BCUT2D eigenvalue weighted by Gasteiger charge is -2.12. The molecule has 0 aliphatic carbocycles. The van der Waals surface area contributed by atoms with Gasteiger partial charge in [-0.1, -0.05) is 6.07 Å². The number of carbonyl (C=O) groups is 1. The number of methoxy groups -OCH3 is 2. The quantitative estimate of drug-likeness (QED) is 0.611. The van der Waals surface area contributed by atoms with Gasteiger partial charge < -0.3 is 19.5 Å². The Balaban J connectivity index is 2.08. The number of amides is 1. The number of nitro benzene ring substituents is 1. The van der Waals surface area contributed by atoms with Crippen LogP contribution >= 0.6 is 0 Å². The smallest absolute Gasteiger partial charge is 0.314 e.